The fourth-order valence-electron chi connectivity index (χ4n) is 4.43. The van der Waals surface area contributed by atoms with E-state index in [9.17, 15) is 9.59 Å². The monoisotopic (exact) mass is 378 g/mol. The third kappa shape index (κ3) is 3.00. The first-order valence-corrected chi connectivity index (χ1v) is 9.68. The van der Waals surface area contributed by atoms with Gasteiger partial charge in [-0.2, -0.15) is 0 Å². The van der Waals surface area contributed by atoms with Gasteiger partial charge in [0.05, 0.1) is 22.2 Å². The Balaban J connectivity index is 1.69. The number of ether oxygens (including phenoxy) is 1. The van der Waals surface area contributed by atoms with Crippen LogP contribution in [0, 0.1) is 5.92 Å². The SMILES string of the molecule is O=C1Nc2c(Cl)ccc(OC3CC(C(=O)O)C3)c2C2(CCCCCC2)N1. The van der Waals surface area contributed by atoms with E-state index in [2.05, 4.69) is 10.6 Å². The van der Waals surface area contributed by atoms with E-state index in [1.807, 2.05) is 6.07 Å². The van der Waals surface area contributed by atoms with Crippen LogP contribution in [0.15, 0.2) is 12.1 Å². The van der Waals surface area contributed by atoms with Crippen molar-refractivity contribution >= 4 is 29.3 Å². The molecule has 3 aliphatic rings. The molecule has 0 aromatic heterocycles. The maximum atomic E-state index is 12.3. The molecule has 0 radical (unpaired) electrons. The van der Waals surface area contributed by atoms with Crippen molar-refractivity contribution in [2.45, 2.75) is 63.0 Å². The van der Waals surface area contributed by atoms with Crippen LogP contribution in [0.1, 0.15) is 56.9 Å². The summed E-state index contributed by atoms with van der Waals surface area (Å²) in [5.74, 6) is -0.391. The zero-order valence-electron chi connectivity index (χ0n) is 14.5. The number of rotatable bonds is 3. The Bertz CT molecular complexity index is 737. The van der Waals surface area contributed by atoms with E-state index in [1.165, 1.54) is 0 Å². The topological polar surface area (TPSA) is 87.7 Å². The molecule has 1 aromatic rings. The van der Waals surface area contributed by atoms with Crippen LogP contribution in [0.3, 0.4) is 0 Å². The molecule has 2 fully saturated rings. The molecule has 1 spiro atoms. The van der Waals surface area contributed by atoms with Crippen molar-refractivity contribution in [2.75, 3.05) is 5.32 Å². The highest BCUT2D eigenvalue weighted by Crippen LogP contribution is 2.49. The zero-order chi connectivity index (χ0) is 18.3. The third-order valence-electron chi connectivity index (χ3n) is 5.88. The van der Waals surface area contributed by atoms with Gasteiger partial charge in [-0.05, 0) is 37.8 Å². The van der Waals surface area contributed by atoms with Gasteiger partial charge in [-0.25, -0.2) is 4.79 Å². The lowest BCUT2D eigenvalue weighted by Gasteiger charge is -2.42. The minimum Gasteiger partial charge on any atom is -0.490 e. The standard InChI is InChI=1S/C19H23ClN2O4/c20-13-5-6-14(26-12-9-11(10-12)17(23)24)15-16(13)21-18(25)22-19(15)7-3-1-2-4-8-19/h5-6,11-12H,1-4,7-10H2,(H,23,24)(H2,21,22,25). The molecule has 26 heavy (non-hydrogen) atoms. The van der Waals surface area contributed by atoms with Gasteiger partial charge in [-0.15, -0.1) is 0 Å². The van der Waals surface area contributed by atoms with Crippen LogP contribution in [0.4, 0.5) is 10.5 Å². The second-order valence-corrected chi connectivity index (χ2v) is 8.02. The summed E-state index contributed by atoms with van der Waals surface area (Å²) in [7, 11) is 0. The number of hydrogen-bond acceptors (Lipinski definition) is 3. The summed E-state index contributed by atoms with van der Waals surface area (Å²) in [5, 5.41) is 15.6. The Morgan fingerprint density at radius 2 is 1.88 bits per heavy atom. The Kier molecular flexibility index (Phi) is 4.47. The molecule has 0 atom stereocenters. The number of carbonyl (C=O) groups is 2. The fraction of sp³-hybridized carbons (Fsp3) is 0.579. The molecule has 1 aliphatic heterocycles. The number of anilines is 1. The van der Waals surface area contributed by atoms with Crippen LogP contribution >= 0.6 is 11.6 Å². The molecule has 2 saturated carbocycles. The number of nitrogens with one attached hydrogen (secondary N) is 2. The number of carboxylic acids is 1. The highest BCUT2D eigenvalue weighted by atomic mass is 35.5. The van der Waals surface area contributed by atoms with Gasteiger partial charge in [0.15, 0.2) is 0 Å². The molecule has 0 bridgehead atoms. The fourth-order valence-corrected chi connectivity index (χ4v) is 4.63. The number of halogens is 1. The van der Waals surface area contributed by atoms with Crippen molar-refractivity contribution in [1.29, 1.82) is 0 Å². The molecule has 2 amide bonds. The first-order chi connectivity index (χ1) is 12.5. The lowest BCUT2D eigenvalue weighted by molar-refractivity contribution is -0.147. The van der Waals surface area contributed by atoms with Gasteiger partial charge in [0.2, 0.25) is 0 Å². The van der Waals surface area contributed by atoms with E-state index in [4.69, 9.17) is 21.4 Å². The van der Waals surface area contributed by atoms with E-state index in [1.54, 1.807) is 6.07 Å². The summed E-state index contributed by atoms with van der Waals surface area (Å²) in [4.78, 5) is 23.3. The summed E-state index contributed by atoms with van der Waals surface area (Å²) in [6, 6.07) is 3.35. The number of urea groups is 1. The predicted octanol–water partition coefficient (Wildman–Crippen LogP) is 4.27. The largest absolute Gasteiger partial charge is 0.490 e. The van der Waals surface area contributed by atoms with Gasteiger partial charge in [-0.1, -0.05) is 37.3 Å². The van der Waals surface area contributed by atoms with Gasteiger partial charge < -0.3 is 20.5 Å². The highest BCUT2D eigenvalue weighted by Gasteiger charge is 2.44. The average Bonchev–Trinajstić information content (AvgIpc) is 2.78. The number of hydrogen-bond donors (Lipinski definition) is 3. The van der Waals surface area contributed by atoms with Gasteiger partial charge in [0.25, 0.3) is 0 Å². The molecular formula is C19H23ClN2O4. The van der Waals surface area contributed by atoms with Crippen LogP contribution in [-0.2, 0) is 10.3 Å². The molecule has 6 nitrogen and oxygen atoms in total. The lowest BCUT2D eigenvalue weighted by Crippen LogP contribution is -2.52. The zero-order valence-corrected chi connectivity index (χ0v) is 15.3. The van der Waals surface area contributed by atoms with Crippen LogP contribution in [0.5, 0.6) is 5.75 Å². The van der Waals surface area contributed by atoms with Gasteiger partial charge in [0, 0.05) is 5.56 Å². The summed E-state index contributed by atoms with van der Waals surface area (Å²) < 4.78 is 6.17. The number of fused-ring (bicyclic) bond motifs is 2. The summed E-state index contributed by atoms with van der Waals surface area (Å²) in [6.45, 7) is 0. The van der Waals surface area contributed by atoms with Crippen molar-refractivity contribution < 1.29 is 19.4 Å². The first kappa shape index (κ1) is 17.5. The Hall–Kier alpha value is -1.95. The van der Waals surface area contributed by atoms with Gasteiger partial charge >= 0.3 is 12.0 Å². The number of amides is 2. The van der Waals surface area contributed by atoms with Crippen molar-refractivity contribution in [3.63, 3.8) is 0 Å². The smallest absolute Gasteiger partial charge is 0.319 e. The second kappa shape index (κ2) is 6.65. The van der Waals surface area contributed by atoms with E-state index in [0.29, 0.717) is 29.3 Å². The first-order valence-electron chi connectivity index (χ1n) is 9.30. The summed E-state index contributed by atoms with van der Waals surface area (Å²) >= 11 is 6.40. The van der Waals surface area contributed by atoms with Crippen LogP contribution in [0.25, 0.3) is 0 Å². The van der Waals surface area contributed by atoms with Crippen LogP contribution < -0.4 is 15.4 Å². The number of aliphatic carboxylic acids is 1. The minimum atomic E-state index is -0.767. The van der Waals surface area contributed by atoms with Crippen molar-refractivity contribution in [3.8, 4) is 5.75 Å². The summed E-state index contributed by atoms with van der Waals surface area (Å²) in [5.41, 5.74) is 1.08. The molecule has 1 heterocycles. The number of carboxylic acid groups (broad SMARTS) is 1. The predicted molar refractivity (Wildman–Crippen MR) is 97.8 cm³/mol. The number of benzene rings is 1. The molecule has 7 heteroatoms. The maximum Gasteiger partial charge on any atom is 0.319 e. The highest BCUT2D eigenvalue weighted by molar-refractivity contribution is 6.34. The molecular weight excluding hydrogens is 356 g/mol. The van der Waals surface area contributed by atoms with E-state index in [0.717, 1.165) is 44.1 Å². The Morgan fingerprint density at radius 3 is 2.54 bits per heavy atom. The Labute approximate surface area is 157 Å². The van der Waals surface area contributed by atoms with Crippen molar-refractivity contribution in [3.05, 3.63) is 22.7 Å². The molecule has 1 aromatic carbocycles. The van der Waals surface area contributed by atoms with Crippen LogP contribution in [0.2, 0.25) is 5.02 Å². The lowest BCUT2D eigenvalue weighted by atomic mass is 9.79. The molecule has 4 rings (SSSR count). The molecule has 0 unspecified atom stereocenters. The molecule has 140 valence electrons. The van der Waals surface area contributed by atoms with Crippen molar-refractivity contribution in [2.24, 2.45) is 5.92 Å². The maximum absolute atomic E-state index is 12.3. The van der Waals surface area contributed by atoms with Crippen LogP contribution in [-0.4, -0.2) is 23.2 Å². The van der Waals surface area contributed by atoms with E-state index in [-0.39, 0.29) is 18.1 Å². The second-order valence-electron chi connectivity index (χ2n) is 7.62. The normalized spacial score (nSPS) is 26.7. The third-order valence-corrected chi connectivity index (χ3v) is 6.20. The molecule has 2 aliphatic carbocycles. The quantitative estimate of drug-likeness (QED) is 0.733. The average molecular weight is 379 g/mol. The van der Waals surface area contributed by atoms with E-state index < -0.39 is 11.5 Å². The minimum absolute atomic E-state index is 0.109. The molecule has 0 saturated heterocycles. The molecule has 3 N–H and O–H groups in total. The van der Waals surface area contributed by atoms with Crippen molar-refractivity contribution in [1.82, 2.24) is 5.32 Å². The van der Waals surface area contributed by atoms with E-state index >= 15 is 0 Å². The van der Waals surface area contributed by atoms with Gasteiger partial charge in [-0.3, -0.25) is 4.79 Å². The Morgan fingerprint density at radius 1 is 1.19 bits per heavy atom. The van der Waals surface area contributed by atoms with Gasteiger partial charge in [0.1, 0.15) is 11.9 Å². The number of carbonyl (C=O) groups excluding carboxylic acids is 1. The summed E-state index contributed by atoms with van der Waals surface area (Å²) in [6.07, 6.45) is 7.01.